The quantitative estimate of drug-likeness (QED) is 0.844. The molecule has 140 valence electrons. The topological polar surface area (TPSA) is 46.5 Å². The van der Waals surface area contributed by atoms with Crippen LogP contribution >= 0.6 is 11.6 Å². The number of morpholine rings is 1. The molecule has 1 aromatic carbocycles. The zero-order chi connectivity index (χ0) is 18.1. The SMILES string of the molecule is Cc1c(CC(=O)NC2CC2)c2cc(Cl)ccc2n1CCN1CCOCC1. The molecule has 0 radical (unpaired) electrons. The maximum Gasteiger partial charge on any atom is 0.224 e. The summed E-state index contributed by atoms with van der Waals surface area (Å²) < 4.78 is 7.77. The maximum atomic E-state index is 12.4. The van der Waals surface area contributed by atoms with E-state index in [2.05, 4.69) is 27.8 Å². The minimum absolute atomic E-state index is 0.114. The van der Waals surface area contributed by atoms with E-state index >= 15 is 0 Å². The number of carbonyl (C=O) groups excluding carboxylic acids is 1. The number of aromatic nitrogens is 1. The summed E-state index contributed by atoms with van der Waals surface area (Å²) in [6.45, 7) is 7.62. The molecule has 5 nitrogen and oxygen atoms in total. The Bertz CT molecular complexity index is 807. The molecular weight excluding hydrogens is 350 g/mol. The second-order valence-corrected chi connectivity index (χ2v) is 7.79. The van der Waals surface area contributed by atoms with Crippen LogP contribution in [0.5, 0.6) is 0 Å². The van der Waals surface area contributed by atoms with Gasteiger partial charge >= 0.3 is 0 Å². The number of carbonyl (C=O) groups is 1. The largest absolute Gasteiger partial charge is 0.379 e. The maximum absolute atomic E-state index is 12.4. The molecule has 4 rings (SSSR count). The first-order chi connectivity index (χ1) is 12.6. The number of halogens is 1. The molecule has 1 aliphatic heterocycles. The van der Waals surface area contributed by atoms with E-state index in [0.717, 1.165) is 68.7 Å². The predicted molar refractivity (Wildman–Crippen MR) is 104 cm³/mol. The van der Waals surface area contributed by atoms with Gasteiger partial charge in [-0.2, -0.15) is 0 Å². The molecule has 2 heterocycles. The number of hydrogen-bond donors (Lipinski definition) is 1. The van der Waals surface area contributed by atoms with Gasteiger partial charge in [0.05, 0.1) is 19.6 Å². The number of rotatable bonds is 6. The fourth-order valence-corrected chi connectivity index (χ4v) is 3.94. The minimum atomic E-state index is 0.114. The number of ether oxygens (including phenoxy) is 1. The molecule has 2 fully saturated rings. The van der Waals surface area contributed by atoms with Crippen molar-refractivity contribution in [2.24, 2.45) is 0 Å². The van der Waals surface area contributed by atoms with Gasteiger partial charge in [0.1, 0.15) is 0 Å². The first kappa shape index (κ1) is 17.8. The molecule has 2 aliphatic rings. The molecule has 0 atom stereocenters. The van der Waals surface area contributed by atoms with Crippen molar-refractivity contribution in [3.05, 3.63) is 34.5 Å². The Kier molecular flexibility index (Phi) is 5.20. The number of nitrogens with one attached hydrogen (secondary N) is 1. The summed E-state index contributed by atoms with van der Waals surface area (Å²) in [6, 6.07) is 6.39. The standard InChI is InChI=1S/C20H26ClN3O2/c1-14-17(13-20(25)22-16-3-4-16)18-12-15(21)2-5-19(18)24(14)7-6-23-8-10-26-11-9-23/h2,5,12,16H,3-4,6-11,13H2,1H3,(H,22,25). The van der Waals surface area contributed by atoms with Crippen LogP contribution < -0.4 is 5.32 Å². The lowest BCUT2D eigenvalue weighted by molar-refractivity contribution is -0.120. The second-order valence-electron chi connectivity index (χ2n) is 7.35. The molecule has 6 heteroatoms. The molecule has 1 saturated carbocycles. The zero-order valence-electron chi connectivity index (χ0n) is 15.3. The van der Waals surface area contributed by atoms with Crippen LogP contribution in [0.15, 0.2) is 18.2 Å². The molecule has 26 heavy (non-hydrogen) atoms. The first-order valence-electron chi connectivity index (χ1n) is 9.48. The van der Waals surface area contributed by atoms with Crippen LogP contribution in [0.25, 0.3) is 10.9 Å². The van der Waals surface area contributed by atoms with Crippen LogP contribution in [-0.2, 0) is 22.5 Å². The molecule has 0 unspecified atom stereocenters. The highest BCUT2D eigenvalue weighted by Crippen LogP contribution is 2.29. The molecule has 1 aliphatic carbocycles. The van der Waals surface area contributed by atoms with E-state index in [1.54, 1.807) is 0 Å². The molecule has 1 saturated heterocycles. The van der Waals surface area contributed by atoms with Gasteiger partial charge in [-0.05, 0) is 43.5 Å². The monoisotopic (exact) mass is 375 g/mol. The van der Waals surface area contributed by atoms with E-state index in [4.69, 9.17) is 16.3 Å². The number of hydrogen-bond acceptors (Lipinski definition) is 3. The number of fused-ring (bicyclic) bond motifs is 1. The molecule has 1 N–H and O–H groups in total. The summed E-state index contributed by atoms with van der Waals surface area (Å²) in [5.74, 6) is 0.114. The lowest BCUT2D eigenvalue weighted by atomic mass is 10.1. The van der Waals surface area contributed by atoms with Crippen LogP contribution in [0.2, 0.25) is 5.02 Å². The molecule has 0 spiro atoms. The Morgan fingerprint density at radius 2 is 2.04 bits per heavy atom. The summed E-state index contributed by atoms with van der Waals surface area (Å²) in [5, 5.41) is 4.91. The Morgan fingerprint density at radius 1 is 1.27 bits per heavy atom. The summed E-state index contributed by atoms with van der Waals surface area (Å²) in [4.78, 5) is 14.8. The summed E-state index contributed by atoms with van der Waals surface area (Å²) in [7, 11) is 0. The van der Waals surface area contributed by atoms with E-state index in [1.807, 2.05) is 12.1 Å². The lowest BCUT2D eigenvalue weighted by Gasteiger charge is -2.27. The van der Waals surface area contributed by atoms with Crippen molar-refractivity contribution in [3.8, 4) is 0 Å². The van der Waals surface area contributed by atoms with E-state index in [-0.39, 0.29) is 5.91 Å². The third-order valence-corrected chi connectivity index (χ3v) is 5.67. The second kappa shape index (κ2) is 7.59. The van der Waals surface area contributed by atoms with Crippen LogP contribution in [-0.4, -0.2) is 54.3 Å². The summed E-state index contributed by atoms with van der Waals surface area (Å²) in [5.41, 5.74) is 3.43. The van der Waals surface area contributed by atoms with Gasteiger partial charge in [-0.3, -0.25) is 9.69 Å². The molecule has 1 amide bonds. The highest BCUT2D eigenvalue weighted by atomic mass is 35.5. The Morgan fingerprint density at radius 3 is 2.77 bits per heavy atom. The van der Waals surface area contributed by atoms with Crippen molar-refractivity contribution < 1.29 is 9.53 Å². The fourth-order valence-electron chi connectivity index (χ4n) is 3.77. The molecule has 1 aromatic heterocycles. The van der Waals surface area contributed by atoms with Gasteiger partial charge in [-0.25, -0.2) is 0 Å². The lowest BCUT2D eigenvalue weighted by Crippen LogP contribution is -2.38. The van der Waals surface area contributed by atoms with Crippen molar-refractivity contribution in [3.63, 3.8) is 0 Å². The highest BCUT2D eigenvalue weighted by molar-refractivity contribution is 6.31. The van der Waals surface area contributed by atoms with E-state index < -0.39 is 0 Å². The third-order valence-electron chi connectivity index (χ3n) is 5.44. The number of nitrogens with zero attached hydrogens (tertiary/aromatic N) is 2. The van der Waals surface area contributed by atoms with Crippen LogP contribution in [0.4, 0.5) is 0 Å². The Balaban J connectivity index is 1.59. The van der Waals surface area contributed by atoms with Crippen molar-refractivity contribution in [2.45, 2.75) is 38.8 Å². The Labute approximate surface area is 159 Å². The number of benzene rings is 1. The molecular formula is C20H26ClN3O2. The fraction of sp³-hybridized carbons (Fsp3) is 0.550. The van der Waals surface area contributed by atoms with Crippen LogP contribution in [0.1, 0.15) is 24.1 Å². The zero-order valence-corrected chi connectivity index (χ0v) is 16.0. The summed E-state index contributed by atoms with van der Waals surface area (Å²) >= 11 is 6.25. The van der Waals surface area contributed by atoms with Gasteiger partial charge in [0.2, 0.25) is 5.91 Å². The Hall–Kier alpha value is -1.56. The van der Waals surface area contributed by atoms with Crippen LogP contribution in [0.3, 0.4) is 0 Å². The minimum Gasteiger partial charge on any atom is -0.379 e. The predicted octanol–water partition coefficient (Wildman–Crippen LogP) is 2.76. The van der Waals surface area contributed by atoms with Gasteiger partial charge in [-0.15, -0.1) is 0 Å². The van der Waals surface area contributed by atoms with Gasteiger partial charge in [0, 0.05) is 53.8 Å². The highest BCUT2D eigenvalue weighted by Gasteiger charge is 2.25. The van der Waals surface area contributed by atoms with Gasteiger partial charge < -0.3 is 14.6 Å². The van der Waals surface area contributed by atoms with Crippen molar-refractivity contribution in [1.29, 1.82) is 0 Å². The molecule has 0 bridgehead atoms. The number of amides is 1. The van der Waals surface area contributed by atoms with Crippen molar-refractivity contribution >= 4 is 28.4 Å². The van der Waals surface area contributed by atoms with Gasteiger partial charge in [0.25, 0.3) is 0 Å². The van der Waals surface area contributed by atoms with Crippen LogP contribution in [0, 0.1) is 6.92 Å². The summed E-state index contributed by atoms with van der Waals surface area (Å²) in [6.07, 6.45) is 2.64. The van der Waals surface area contributed by atoms with Crippen molar-refractivity contribution in [1.82, 2.24) is 14.8 Å². The average Bonchev–Trinajstić information content (AvgIpc) is 3.41. The first-order valence-corrected chi connectivity index (χ1v) is 9.86. The van der Waals surface area contributed by atoms with Crippen molar-refractivity contribution in [2.75, 3.05) is 32.8 Å². The van der Waals surface area contributed by atoms with Gasteiger partial charge in [-0.1, -0.05) is 11.6 Å². The van der Waals surface area contributed by atoms with Gasteiger partial charge in [0.15, 0.2) is 0 Å². The van der Waals surface area contributed by atoms with E-state index in [1.165, 1.54) is 5.69 Å². The average molecular weight is 376 g/mol. The third kappa shape index (κ3) is 3.90. The normalized spacial score (nSPS) is 18.4. The van der Waals surface area contributed by atoms with E-state index in [9.17, 15) is 4.79 Å². The smallest absolute Gasteiger partial charge is 0.224 e. The van der Waals surface area contributed by atoms with E-state index in [0.29, 0.717) is 17.5 Å². The molecule has 2 aromatic rings.